The standard InChI is InChI=1S/C13H24N2O/c1-3-14-12-7-8-15(9-10(12)2)13(16)11-5-4-6-11/h10-12,14H,3-9H2,1-2H3. The molecule has 1 N–H and O–H groups in total. The Morgan fingerprint density at radius 3 is 2.62 bits per heavy atom. The summed E-state index contributed by atoms with van der Waals surface area (Å²) in [5.74, 6) is 1.38. The van der Waals surface area contributed by atoms with E-state index in [1.165, 1.54) is 6.42 Å². The van der Waals surface area contributed by atoms with Gasteiger partial charge in [0.1, 0.15) is 0 Å². The van der Waals surface area contributed by atoms with E-state index in [9.17, 15) is 4.79 Å². The molecule has 1 amide bonds. The van der Waals surface area contributed by atoms with Crippen LogP contribution in [0.4, 0.5) is 0 Å². The molecule has 0 aromatic rings. The number of rotatable bonds is 3. The molecule has 2 rings (SSSR count). The lowest BCUT2D eigenvalue weighted by molar-refractivity contribution is -0.140. The summed E-state index contributed by atoms with van der Waals surface area (Å²) in [4.78, 5) is 14.2. The second-order valence-corrected chi connectivity index (χ2v) is 5.34. The van der Waals surface area contributed by atoms with E-state index in [2.05, 4.69) is 24.1 Å². The van der Waals surface area contributed by atoms with Crippen LogP contribution in [0.15, 0.2) is 0 Å². The van der Waals surface area contributed by atoms with E-state index in [1.807, 2.05) is 0 Å². The predicted molar refractivity (Wildman–Crippen MR) is 65.2 cm³/mol. The normalized spacial score (nSPS) is 31.2. The Balaban J connectivity index is 1.83. The minimum absolute atomic E-state index is 0.364. The summed E-state index contributed by atoms with van der Waals surface area (Å²) in [7, 11) is 0. The molecule has 0 aromatic carbocycles. The fourth-order valence-electron chi connectivity index (χ4n) is 2.82. The third-order valence-electron chi connectivity index (χ3n) is 4.14. The van der Waals surface area contributed by atoms with E-state index in [4.69, 9.17) is 0 Å². The first-order valence-electron chi connectivity index (χ1n) is 6.74. The Kier molecular flexibility index (Phi) is 3.85. The molecule has 2 atom stereocenters. The Labute approximate surface area is 98.6 Å². The van der Waals surface area contributed by atoms with Crippen molar-refractivity contribution < 1.29 is 4.79 Å². The number of hydrogen-bond acceptors (Lipinski definition) is 2. The van der Waals surface area contributed by atoms with Crippen molar-refractivity contribution in [3.8, 4) is 0 Å². The van der Waals surface area contributed by atoms with Crippen molar-refractivity contribution in [3.63, 3.8) is 0 Å². The van der Waals surface area contributed by atoms with E-state index in [-0.39, 0.29) is 0 Å². The summed E-state index contributed by atoms with van der Waals surface area (Å²) in [5.41, 5.74) is 0. The molecule has 1 saturated carbocycles. The summed E-state index contributed by atoms with van der Waals surface area (Å²) in [6, 6.07) is 0.607. The quantitative estimate of drug-likeness (QED) is 0.790. The van der Waals surface area contributed by atoms with E-state index in [0.717, 1.165) is 38.9 Å². The van der Waals surface area contributed by atoms with Crippen LogP contribution in [0.1, 0.15) is 39.5 Å². The van der Waals surface area contributed by atoms with Gasteiger partial charge in [-0.1, -0.05) is 20.3 Å². The molecule has 0 aromatic heterocycles. The van der Waals surface area contributed by atoms with Crippen LogP contribution in [-0.4, -0.2) is 36.5 Å². The van der Waals surface area contributed by atoms with Crippen LogP contribution in [0.25, 0.3) is 0 Å². The van der Waals surface area contributed by atoms with Crippen molar-refractivity contribution in [2.75, 3.05) is 19.6 Å². The number of hydrogen-bond donors (Lipinski definition) is 1. The minimum Gasteiger partial charge on any atom is -0.342 e. The number of carbonyl (C=O) groups is 1. The molecule has 3 nitrogen and oxygen atoms in total. The summed E-state index contributed by atoms with van der Waals surface area (Å²) in [5, 5.41) is 3.51. The molecule has 1 aliphatic carbocycles. The first kappa shape index (κ1) is 11.9. The average molecular weight is 224 g/mol. The molecule has 2 fully saturated rings. The van der Waals surface area contributed by atoms with Crippen molar-refractivity contribution in [1.29, 1.82) is 0 Å². The van der Waals surface area contributed by atoms with Crippen LogP contribution in [0.5, 0.6) is 0 Å². The number of amides is 1. The highest BCUT2D eigenvalue weighted by Gasteiger charge is 2.33. The maximum atomic E-state index is 12.1. The van der Waals surface area contributed by atoms with Gasteiger partial charge in [-0.3, -0.25) is 4.79 Å². The fraction of sp³-hybridized carbons (Fsp3) is 0.923. The highest BCUT2D eigenvalue weighted by Crippen LogP contribution is 2.30. The van der Waals surface area contributed by atoms with Crippen molar-refractivity contribution in [2.45, 2.75) is 45.6 Å². The van der Waals surface area contributed by atoms with Crippen molar-refractivity contribution in [2.24, 2.45) is 11.8 Å². The van der Waals surface area contributed by atoms with Crippen LogP contribution < -0.4 is 5.32 Å². The molecular formula is C13H24N2O. The summed E-state index contributed by atoms with van der Waals surface area (Å²) >= 11 is 0. The minimum atomic E-state index is 0.364. The molecule has 0 bridgehead atoms. The molecule has 0 radical (unpaired) electrons. The lowest BCUT2D eigenvalue weighted by Crippen LogP contribution is -2.52. The topological polar surface area (TPSA) is 32.3 Å². The van der Waals surface area contributed by atoms with Crippen LogP contribution in [0, 0.1) is 11.8 Å². The summed E-state index contributed by atoms with van der Waals surface area (Å²) in [6.07, 6.45) is 4.62. The Morgan fingerprint density at radius 1 is 1.38 bits per heavy atom. The van der Waals surface area contributed by atoms with E-state index in [0.29, 0.717) is 23.8 Å². The van der Waals surface area contributed by atoms with E-state index >= 15 is 0 Å². The average Bonchev–Trinajstić information content (AvgIpc) is 2.18. The predicted octanol–water partition coefficient (Wildman–Crippen LogP) is 1.63. The molecule has 3 heteroatoms. The molecule has 2 aliphatic rings. The first-order valence-corrected chi connectivity index (χ1v) is 6.74. The fourth-order valence-corrected chi connectivity index (χ4v) is 2.82. The number of carbonyl (C=O) groups excluding carboxylic acids is 1. The Morgan fingerprint density at radius 2 is 2.12 bits per heavy atom. The second-order valence-electron chi connectivity index (χ2n) is 5.34. The van der Waals surface area contributed by atoms with E-state index < -0.39 is 0 Å². The Bertz CT molecular complexity index is 250. The van der Waals surface area contributed by atoms with E-state index in [1.54, 1.807) is 0 Å². The lowest BCUT2D eigenvalue weighted by Gasteiger charge is -2.40. The number of likely N-dealkylation sites (tertiary alicyclic amines) is 1. The van der Waals surface area contributed by atoms with Gasteiger partial charge < -0.3 is 10.2 Å². The van der Waals surface area contributed by atoms with Gasteiger partial charge in [0.15, 0.2) is 0 Å². The zero-order chi connectivity index (χ0) is 11.5. The summed E-state index contributed by atoms with van der Waals surface area (Å²) in [6.45, 7) is 7.35. The number of nitrogens with one attached hydrogen (secondary N) is 1. The van der Waals surface area contributed by atoms with Gasteiger partial charge >= 0.3 is 0 Å². The molecule has 1 aliphatic heterocycles. The zero-order valence-electron chi connectivity index (χ0n) is 10.5. The third-order valence-corrected chi connectivity index (χ3v) is 4.14. The SMILES string of the molecule is CCNC1CCN(C(=O)C2CCC2)CC1C. The molecule has 1 saturated heterocycles. The van der Waals surface area contributed by atoms with Crippen molar-refractivity contribution in [1.82, 2.24) is 10.2 Å². The molecule has 92 valence electrons. The first-order chi connectivity index (χ1) is 7.72. The number of piperidine rings is 1. The van der Waals surface area contributed by atoms with Gasteiger partial charge in [-0.2, -0.15) is 0 Å². The molecule has 2 unspecified atom stereocenters. The number of nitrogens with zero attached hydrogens (tertiary/aromatic N) is 1. The van der Waals surface area contributed by atoms with Gasteiger partial charge in [-0.15, -0.1) is 0 Å². The van der Waals surface area contributed by atoms with Crippen LogP contribution in [0.3, 0.4) is 0 Å². The lowest BCUT2D eigenvalue weighted by atomic mass is 9.83. The third kappa shape index (κ3) is 2.40. The van der Waals surface area contributed by atoms with Crippen LogP contribution >= 0.6 is 0 Å². The van der Waals surface area contributed by atoms with Gasteiger partial charge in [-0.25, -0.2) is 0 Å². The zero-order valence-corrected chi connectivity index (χ0v) is 10.5. The van der Waals surface area contributed by atoms with Crippen molar-refractivity contribution in [3.05, 3.63) is 0 Å². The molecule has 1 heterocycles. The van der Waals surface area contributed by atoms with Crippen LogP contribution in [0.2, 0.25) is 0 Å². The highest BCUT2D eigenvalue weighted by atomic mass is 16.2. The summed E-state index contributed by atoms with van der Waals surface area (Å²) < 4.78 is 0. The molecule has 0 spiro atoms. The van der Waals surface area contributed by atoms with Gasteiger partial charge in [0, 0.05) is 25.0 Å². The highest BCUT2D eigenvalue weighted by molar-refractivity contribution is 5.79. The Hall–Kier alpha value is -0.570. The van der Waals surface area contributed by atoms with Gasteiger partial charge in [-0.05, 0) is 31.7 Å². The monoisotopic (exact) mass is 224 g/mol. The molecular weight excluding hydrogens is 200 g/mol. The maximum absolute atomic E-state index is 12.1. The van der Waals surface area contributed by atoms with Crippen molar-refractivity contribution >= 4 is 5.91 Å². The van der Waals surface area contributed by atoms with Gasteiger partial charge in [0.2, 0.25) is 5.91 Å². The molecule has 16 heavy (non-hydrogen) atoms. The largest absolute Gasteiger partial charge is 0.342 e. The second kappa shape index (κ2) is 5.17. The maximum Gasteiger partial charge on any atom is 0.225 e. The van der Waals surface area contributed by atoms with Gasteiger partial charge in [0.25, 0.3) is 0 Å². The van der Waals surface area contributed by atoms with Gasteiger partial charge in [0.05, 0.1) is 0 Å². The van der Waals surface area contributed by atoms with Crippen LogP contribution in [-0.2, 0) is 4.79 Å². The smallest absolute Gasteiger partial charge is 0.225 e.